The summed E-state index contributed by atoms with van der Waals surface area (Å²) in [6.07, 6.45) is 6.40. The second kappa shape index (κ2) is 13.1. The van der Waals surface area contributed by atoms with Gasteiger partial charge in [0.2, 0.25) is 0 Å². The molecule has 174 valence electrons. The van der Waals surface area contributed by atoms with Crippen molar-refractivity contribution in [1.29, 1.82) is 0 Å². The fourth-order valence-electron chi connectivity index (χ4n) is 4.19. The maximum Gasteiger partial charge on any atom is 0.306 e. The lowest BCUT2D eigenvalue weighted by molar-refractivity contribution is -0.143. The first-order chi connectivity index (χ1) is 15.7. The van der Waals surface area contributed by atoms with E-state index in [1.165, 1.54) is 11.1 Å². The number of benzene rings is 2. The number of carbonyl (C=O) groups is 1. The molecule has 0 aromatic heterocycles. The van der Waals surface area contributed by atoms with Gasteiger partial charge in [0.15, 0.2) is 11.5 Å². The molecular weight excluding hydrogens is 402 g/mol. The number of piperidine rings is 1. The van der Waals surface area contributed by atoms with Crippen molar-refractivity contribution in [2.24, 2.45) is 5.92 Å². The Morgan fingerprint density at radius 2 is 1.75 bits per heavy atom. The molecule has 0 atom stereocenters. The maximum absolute atomic E-state index is 11.1. The first-order valence-electron chi connectivity index (χ1n) is 12.0. The van der Waals surface area contributed by atoms with E-state index in [9.17, 15) is 4.79 Å². The largest absolute Gasteiger partial charge is 0.490 e. The minimum absolute atomic E-state index is 0.163. The van der Waals surface area contributed by atoms with E-state index in [2.05, 4.69) is 48.2 Å². The summed E-state index contributed by atoms with van der Waals surface area (Å²) in [4.78, 5) is 13.5. The van der Waals surface area contributed by atoms with E-state index in [-0.39, 0.29) is 5.92 Å². The molecule has 1 heterocycles. The van der Waals surface area contributed by atoms with Crippen LogP contribution >= 0.6 is 0 Å². The van der Waals surface area contributed by atoms with Crippen LogP contribution in [0.4, 0.5) is 0 Å². The number of rotatable bonds is 13. The second-order valence-corrected chi connectivity index (χ2v) is 8.59. The molecule has 2 aromatic rings. The van der Waals surface area contributed by atoms with E-state index in [1.54, 1.807) is 0 Å². The van der Waals surface area contributed by atoms with Gasteiger partial charge in [0.1, 0.15) is 0 Å². The van der Waals surface area contributed by atoms with E-state index < -0.39 is 5.97 Å². The van der Waals surface area contributed by atoms with Crippen LogP contribution < -0.4 is 9.47 Å². The zero-order chi connectivity index (χ0) is 22.6. The van der Waals surface area contributed by atoms with Gasteiger partial charge in [-0.05, 0) is 81.8 Å². The first-order valence-corrected chi connectivity index (χ1v) is 12.0. The molecule has 0 bridgehead atoms. The highest BCUT2D eigenvalue weighted by molar-refractivity contribution is 5.70. The SMILES string of the molecule is CCCOc1cccc(CCc2ccccc2)c1OCCCCN1CCC(C(=O)O)CC1. The van der Waals surface area contributed by atoms with Gasteiger partial charge < -0.3 is 19.5 Å². The van der Waals surface area contributed by atoms with Crippen LogP contribution in [0, 0.1) is 5.92 Å². The van der Waals surface area contributed by atoms with Crippen molar-refractivity contribution in [2.75, 3.05) is 32.8 Å². The number of aryl methyl sites for hydroxylation is 2. The minimum atomic E-state index is -0.648. The predicted octanol–water partition coefficient (Wildman–Crippen LogP) is 5.22. The third-order valence-electron chi connectivity index (χ3n) is 6.10. The zero-order valence-corrected chi connectivity index (χ0v) is 19.3. The summed E-state index contributed by atoms with van der Waals surface area (Å²) in [6, 6.07) is 16.7. The number of ether oxygens (including phenoxy) is 2. The molecule has 0 aliphatic carbocycles. The standard InChI is InChI=1S/C27H37NO4/c1-2-20-31-25-12-8-11-23(14-13-22-9-4-3-5-10-22)26(25)32-21-7-6-17-28-18-15-24(16-19-28)27(29)30/h3-5,8-12,24H,2,6-7,13-21H2,1H3,(H,29,30). The van der Waals surface area contributed by atoms with Gasteiger partial charge in [-0.2, -0.15) is 0 Å². The Hall–Kier alpha value is -2.53. The molecule has 0 spiro atoms. The average molecular weight is 440 g/mol. The summed E-state index contributed by atoms with van der Waals surface area (Å²) in [5.41, 5.74) is 2.52. The molecule has 0 unspecified atom stereocenters. The lowest BCUT2D eigenvalue weighted by Crippen LogP contribution is -2.36. The number of likely N-dealkylation sites (tertiary alicyclic amines) is 1. The number of unbranched alkanes of at least 4 members (excludes halogenated alkanes) is 1. The fourth-order valence-corrected chi connectivity index (χ4v) is 4.19. The third kappa shape index (κ3) is 7.56. The van der Waals surface area contributed by atoms with Crippen molar-refractivity contribution in [3.63, 3.8) is 0 Å². The first kappa shape index (κ1) is 24.1. The Balaban J connectivity index is 1.49. The van der Waals surface area contributed by atoms with Crippen LogP contribution in [0.2, 0.25) is 0 Å². The zero-order valence-electron chi connectivity index (χ0n) is 19.3. The van der Waals surface area contributed by atoms with Gasteiger partial charge >= 0.3 is 5.97 Å². The highest BCUT2D eigenvalue weighted by Gasteiger charge is 2.23. The monoisotopic (exact) mass is 439 g/mol. The van der Waals surface area contributed by atoms with Crippen LogP contribution in [0.3, 0.4) is 0 Å². The van der Waals surface area contributed by atoms with Crippen LogP contribution in [-0.4, -0.2) is 48.8 Å². The highest BCUT2D eigenvalue weighted by Crippen LogP contribution is 2.33. The minimum Gasteiger partial charge on any atom is -0.490 e. The molecular formula is C27H37NO4. The molecule has 0 amide bonds. The van der Waals surface area contributed by atoms with Gasteiger partial charge in [0.05, 0.1) is 19.1 Å². The highest BCUT2D eigenvalue weighted by atomic mass is 16.5. The molecule has 5 nitrogen and oxygen atoms in total. The van der Waals surface area contributed by atoms with Crippen LogP contribution in [-0.2, 0) is 17.6 Å². The van der Waals surface area contributed by atoms with Crippen molar-refractivity contribution in [3.05, 3.63) is 59.7 Å². The lowest BCUT2D eigenvalue weighted by Gasteiger charge is -2.29. The Morgan fingerprint density at radius 1 is 0.969 bits per heavy atom. The molecule has 0 saturated carbocycles. The number of hydrogen-bond acceptors (Lipinski definition) is 4. The summed E-state index contributed by atoms with van der Waals surface area (Å²) < 4.78 is 12.2. The van der Waals surface area contributed by atoms with Crippen molar-refractivity contribution in [3.8, 4) is 11.5 Å². The number of nitrogens with zero attached hydrogens (tertiary/aromatic N) is 1. The van der Waals surface area contributed by atoms with Gasteiger partial charge in [-0.3, -0.25) is 4.79 Å². The van der Waals surface area contributed by atoms with Gasteiger partial charge in [-0.1, -0.05) is 49.4 Å². The summed E-state index contributed by atoms with van der Waals surface area (Å²) in [5.74, 6) is 0.917. The van der Waals surface area contributed by atoms with Crippen molar-refractivity contribution >= 4 is 5.97 Å². The number of hydrogen-bond donors (Lipinski definition) is 1. The third-order valence-corrected chi connectivity index (χ3v) is 6.10. The van der Waals surface area contributed by atoms with Crippen LogP contribution in [0.1, 0.15) is 50.2 Å². The smallest absolute Gasteiger partial charge is 0.306 e. The van der Waals surface area contributed by atoms with Gasteiger partial charge in [0.25, 0.3) is 0 Å². The molecule has 1 fully saturated rings. The van der Waals surface area contributed by atoms with E-state index in [4.69, 9.17) is 14.6 Å². The Morgan fingerprint density at radius 3 is 2.47 bits per heavy atom. The van der Waals surface area contributed by atoms with E-state index in [0.717, 1.165) is 76.1 Å². The van der Waals surface area contributed by atoms with E-state index >= 15 is 0 Å². The summed E-state index contributed by atoms with van der Waals surface area (Å²) in [7, 11) is 0. The van der Waals surface area contributed by atoms with Crippen LogP contribution in [0.25, 0.3) is 0 Å². The van der Waals surface area contributed by atoms with Gasteiger partial charge in [-0.15, -0.1) is 0 Å². The van der Waals surface area contributed by atoms with Gasteiger partial charge in [0, 0.05) is 0 Å². The molecule has 3 rings (SSSR count). The second-order valence-electron chi connectivity index (χ2n) is 8.59. The van der Waals surface area contributed by atoms with Crippen molar-refractivity contribution < 1.29 is 19.4 Å². The normalized spacial score (nSPS) is 14.9. The maximum atomic E-state index is 11.1. The average Bonchev–Trinajstić information content (AvgIpc) is 2.82. The molecule has 1 saturated heterocycles. The Labute approximate surface area is 192 Å². The van der Waals surface area contributed by atoms with Crippen LogP contribution in [0.15, 0.2) is 48.5 Å². The molecule has 32 heavy (non-hydrogen) atoms. The fraction of sp³-hybridized carbons (Fsp3) is 0.519. The molecule has 0 radical (unpaired) electrons. The van der Waals surface area contributed by atoms with Crippen molar-refractivity contribution in [2.45, 2.75) is 51.9 Å². The topological polar surface area (TPSA) is 59.0 Å². The molecule has 5 heteroatoms. The molecule has 1 aliphatic heterocycles. The number of para-hydroxylation sites is 1. The summed E-state index contributed by atoms with van der Waals surface area (Å²) in [5, 5.41) is 9.14. The molecule has 2 aromatic carbocycles. The van der Waals surface area contributed by atoms with E-state index in [0.29, 0.717) is 13.2 Å². The summed E-state index contributed by atoms with van der Waals surface area (Å²) >= 11 is 0. The lowest BCUT2D eigenvalue weighted by atomic mass is 9.97. The van der Waals surface area contributed by atoms with E-state index in [1.807, 2.05) is 12.1 Å². The number of aliphatic carboxylic acids is 1. The van der Waals surface area contributed by atoms with Crippen LogP contribution in [0.5, 0.6) is 11.5 Å². The number of carboxylic acid groups (broad SMARTS) is 1. The molecule has 1 aliphatic rings. The Bertz CT molecular complexity index is 816. The molecule has 1 N–H and O–H groups in total. The Kier molecular flexibility index (Phi) is 9.89. The predicted molar refractivity (Wildman–Crippen MR) is 128 cm³/mol. The van der Waals surface area contributed by atoms with Gasteiger partial charge in [-0.25, -0.2) is 0 Å². The quantitative estimate of drug-likeness (QED) is 0.434. The summed E-state index contributed by atoms with van der Waals surface area (Å²) in [6.45, 7) is 6.23. The van der Waals surface area contributed by atoms with Crippen molar-refractivity contribution in [1.82, 2.24) is 4.90 Å². The number of carboxylic acids is 1.